The van der Waals surface area contributed by atoms with Gasteiger partial charge in [0.15, 0.2) is 6.23 Å². The van der Waals surface area contributed by atoms with Crippen molar-refractivity contribution in [1.29, 1.82) is 0 Å². The van der Waals surface area contributed by atoms with Gasteiger partial charge in [-0.3, -0.25) is 9.69 Å². The molecule has 2 atom stereocenters. The van der Waals surface area contributed by atoms with Gasteiger partial charge >= 0.3 is 5.97 Å². The van der Waals surface area contributed by atoms with Gasteiger partial charge in [0.2, 0.25) is 0 Å². The van der Waals surface area contributed by atoms with Crippen molar-refractivity contribution < 1.29 is 14.3 Å². The zero-order valence-corrected chi connectivity index (χ0v) is 15.5. The maximum absolute atomic E-state index is 13.2. The number of benzene rings is 1. The van der Waals surface area contributed by atoms with E-state index in [9.17, 15) is 9.59 Å². The van der Waals surface area contributed by atoms with Crippen molar-refractivity contribution in [3.05, 3.63) is 35.9 Å². The molecule has 25 heavy (non-hydrogen) atoms. The van der Waals surface area contributed by atoms with Crippen molar-refractivity contribution in [2.45, 2.75) is 71.6 Å². The number of esters is 1. The summed E-state index contributed by atoms with van der Waals surface area (Å²) in [4.78, 5) is 27.5. The van der Waals surface area contributed by atoms with Crippen molar-refractivity contribution in [3.8, 4) is 0 Å². The molecule has 4 heteroatoms. The van der Waals surface area contributed by atoms with Gasteiger partial charge in [-0.05, 0) is 24.5 Å². The van der Waals surface area contributed by atoms with E-state index in [1.807, 2.05) is 51.1 Å². The Hall–Kier alpha value is -1.84. The van der Waals surface area contributed by atoms with Gasteiger partial charge in [0, 0.05) is 11.0 Å². The second-order valence-electron chi connectivity index (χ2n) is 8.49. The van der Waals surface area contributed by atoms with Crippen LogP contribution in [-0.4, -0.2) is 29.0 Å². The summed E-state index contributed by atoms with van der Waals surface area (Å²) in [5.74, 6) is 0.165. The summed E-state index contributed by atoms with van der Waals surface area (Å²) in [5.41, 5.74) is 0.296. The Labute approximate surface area is 150 Å². The van der Waals surface area contributed by atoms with Crippen LogP contribution in [0.25, 0.3) is 0 Å². The Morgan fingerprint density at radius 2 is 1.76 bits per heavy atom. The average Bonchev–Trinajstić information content (AvgIpc) is 2.93. The second-order valence-corrected chi connectivity index (χ2v) is 8.49. The minimum atomic E-state index is -0.513. The number of hydrogen-bond acceptors (Lipinski definition) is 3. The normalized spacial score (nSPS) is 25.1. The molecule has 1 aliphatic carbocycles. The SMILES string of the molecule is CC(C)(C)[C@@H]1OC(=O)[C@H](CC2CCCCC2)N1C(=O)c1ccccc1. The van der Waals surface area contributed by atoms with E-state index in [0.29, 0.717) is 11.5 Å². The molecule has 1 saturated heterocycles. The zero-order chi connectivity index (χ0) is 18.0. The molecule has 4 nitrogen and oxygen atoms in total. The van der Waals surface area contributed by atoms with Crippen LogP contribution < -0.4 is 0 Å². The third-order valence-corrected chi connectivity index (χ3v) is 5.37. The lowest BCUT2D eigenvalue weighted by Crippen LogP contribution is -2.48. The van der Waals surface area contributed by atoms with E-state index in [0.717, 1.165) is 19.3 Å². The van der Waals surface area contributed by atoms with Crippen LogP contribution in [0.2, 0.25) is 0 Å². The molecule has 0 spiro atoms. The molecule has 1 aromatic carbocycles. The molecule has 1 aliphatic heterocycles. The molecule has 1 amide bonds. The van der Waals surface area contributed by atoms with Crippen LogP contribution in [-0.2, 0) is 9.53 Å². The molecule has 1 heterocycles. The Bertz CT molecular complexity index is 614. The third kappa shape index (κ3) is 3.88. The Balaban J connectivity index is 1.88. The highest BCUT2D eigenvalue weighted by atomic mass is 16.6. The summed E-state index contributed by atoms with van der Waals surface area (Å²) in [6, 6.07) is 8.76. The monoisotopic (exact) mass is 343 g/mol. The van der Waals surface area contributed by atoms with Crippen molar-refractivity contribution in [2.24, 2.45) is 11.3 Å². The van der Waals surface area contributed by atoms with Crippen LogP contribution in [0.4, 0.5) is 0 Å². The molecule has 1 aromatic rings. The van der Waals surface area contributed by atoms with Crippen LogP contribution in [0.3, 0.4) is 0 Å². The highest BCUT2D eigenvalue weighted by Crippen LogP contribution is 2.38. The topological polar surface area (TPSA) is 46.6 Å². The van der Waals surface area contributed by atoms with Crippen molar-refractivity contribution in [1.82, 2.24) is 4.90 Å². The summed E-state index contributed by atoms with van der Waals surface area (Å²) in [6.07, 6.45) is 6.24. The van der Waals surface area contributed by atoms with Gasteiger partial charge in [-0.15, -0.1) is 0 Å². The average molecular weight is 343 g/mol. The molecule has 0 unspecified atom stereocenters. The molecule has 2 fully saturated rings. The van der Waals surface area contributed by atoms with Crippen LogP contribution in [0, 0.1) is 11.3 Å². The van der Waals surface area contributed by atoms with Crippen molar-refractivity contribution >= 4 is 11.9 Å². The summed E-state index contributed by atoms with van der Waals surface area (Å²) in [7, 11) is 0. The molecule has 0 radical (unpaired) electrons. The smallest absolute Gasteiger partial charge is 0.330 e. The van der Waals surface area contributed by atoms with Crippen LogP contribution in [0.15, 0.2) is 30.3 Å². The Morgan fingerprint density at radius 3 is 2.36 bits per heavy atom. The molecule has 136 valence electrons. The first-order valence-corrected chi connectivity index (χ1v) is 9.46. The highest BCUT2D eigenvalue weighted by molar-refractivity contribution is 5.98. The molecule has 1 saturated carbocycles. The maximum atomic E-state index is 13.2. The molecule has 0 N–H and O–H groups in total. The molecule has 0 bridgehead atoms. The van der Waals surface area contributed by atoms with E-state index in [4.69, 9.17) is 4.74 Å². The number of rotatable bonds is 3. The van der Waals surface area contributed by atoms with E-state index < -0.39 is 12.3 Å². The summed E-state index contributed by atoms with van der Waals surface area (Å²) in [6.45, 7) is 6.04. The molecular formula is C21H29NO3. The molecule has 0 aromatic heterocycles. The van der Waals surface area contributed by atoms with Crippen LogP contribution >= 0.6 is 0 Å². The lowest BCUT2D eigenvalue weighted by Gasteiger charge is -2.35. The number of nitrogens with zero attached hydrogens (tertiary/aromatic N) is 1. The zero-order valence-electron chi connectivity index (χ0n) is 15.5. The number of hydrogen-bond donors (Lipinski definition) is 0. The van der Waals surface area contributed by atoms with Gasteiger partial charge in [-0.2, -0.15) is 0 Å². The first kappa shape index (κ1) is 18.0. The fourth-order valence-corrected chi connectivity index (χ4v) is 4.04. The lowest BCUT2D eigenvalue weighted by atomic mass is 9.84. The van der Waals surface area contributed by atoms with E-state index in [-0.39, 0.29) is 17.3 Å². The van der Waals surface area contributed by atoms with Gasteiger partial charge < -0.3 is 4.74 Å². The minimum Gasteiger partial charge on any atom is -0.439 e. The number of ether oxygens (including phenoxy) is 1. The first-order valence-electron chi connectivity index (χ1n) is 9.46. The number of cyclic esters (lactones) is 1. The van der Waals surface area contributed by atoms with E-state index in [1.54, 1.807) is 4.90 Å². The first-order chi connectivity index (χ1) is 11.9. The largest absolute Gasteiger partial charge is 0.439 e. The van der Waals surface area contributed by atoms with Crippen molar-refractivity contribution in [3.63, 3.8) is 0 Å². The van der Waals surface area contributed by atoms with Crippen LogP contribution in [0.5, 0.6) is 0 Å². The van der Waals surface area contributed by atoms with E-state index in [2.05, 4.69) is 0 Å². The third-order valence-electron chi connectivity index (χ3n) is 5.37. The van der Waals surface area contributed by atoms with Gasteiger partial charge in [0.25, 0.3) is 5.91 Å². The minimum absolute atomic E-state index is 0.104. The predicted octanol–water partition coefficient (Wildman–Crippen LogP) is 4.40. The summed E-state index contributed by atoms with van der Waals surface area (Å²) in [5, 5.41) is 0. The standard InChI is InChI=1S/C21H29NO3/c1-21(2,3)20-22(18(23)16-12-8-5-9-13-16)17(19(24)25-20)14-15-10-6-4-7-11-15/h5,8-9,12-13,15,17,20H,4,6-7,10-11,14H2,1-3H3/t17-,20-/m0/s1. The van der Waals surface area contributed by atoms with Gasteiger partial charge in [0.1, 0.15) is 6.04 Å². The fourth-order valence-electron chi connectivity index (χ4n) is 4.04. The maximum Gasteiger partial charge on any atom is 0.330 e. The molecular weight excluding hydrogens is 314 g/mol. The Kier molecular flexibility index (Phi) is 5.16. The lowest BCUT2D eigenvalue weighted by molar-refractivity contribution is -0.147. The fraction of sp³-hybridized carbons (Fsp3) is 0.619. The number of amides is 1. The molecule has 3 rings (SSSR count). The quantitative estimate of drug-likeness (QED) is 0.764. The van der Waals surface area contributed by atoms with Gasteiger partial charge in [0.05, 0.1) is 0 Å². The Morgan fingerprint density at radius 1 is 1.12 bits per heavy atom. The highest BCUT2D eigenvalue weighted by Gasteiger charge is 2.50. The van der Waals surface area contributed by atoms with E-state index in [1.165, 1.54) is 19.3 Å². The van der Waals surface area contributed by atoms with E-state index >= 15 is 0 Å². The predicted molar refractivity (Wildman–Crippen MR) is 96.9 cm³/mol. The van der Waals surface area contributed by atoms with Gasteiger partial charge in [-0.25, -0.2) is 4.79 Å². The molecule has 2 aliphatic rings. The van der Waals surface area contributed by atoms with Crippen LogP contribution in [0.1, 0.15) is 69.7 Å². The van der Waals surface area contributed by atoms with Gasteiger partial charge in [-0.1, -0.05) is 71.1 Å². The van der Waals surface area contributed by atoms with Crippen molar-refractivity contribution in [2.75, 3.05) is 0 Å². The summed E-state index contributed by atoms with van der Waals surface area (Å²) >= 11 is 0. The second kappa shape index (κ2) is 7.19. The number of carbonyl (C=O) groups excluding carboxylic acids is 2. The summed E-state index contributed by atoms with van der Waals surface area (Å²) < 4.78 is 5.70. The number of carbonyl (C=O) groups is 2.